The zero-order chi connectivity index (χ0) is 7.98. The van der Waals surface area contributed by atoms with Gasteiger partial charge in [-0.3, -0.25) is 0 Å². The van der Waals surface area contributed by atoms with Crippen molar-refractivity contribution >= 4 is 12.4 Å². The molecule has 0 aromatic heterocycles. The zero-order valence-corrected chi connectivity index (χ0v) is 8.66. The van der Waals surface area contributed by atoms with E-state index in [1.807, 2.05) is 0 Å². The van der Waals surface area contributed by atoms with Crippen LogP contribution in [0.3, 0.4) is 0 Å². The minimum Gasteiger partial charge on any atom is -0.330 e. The van der Waals surface area contributed by atoms with Gasteiger partial charge in [0.1, 0.15) is 0 Å². The molecule has 11 heavy (non-hydrogen) atoms. The molecule has 2 N–H and O–H groups in total. The van der Waals surface area contributed by atoms with Crippen LogP contribution in [0.1, 0.15) is 20.3 Å². The molecule has 0 heterocycles. The van der Waals surface area contributed by atoms with Crippen LogP contribution in [0.25, 0.3) is 0 Å². The van der Waals surface area contributed by atoms with Gasteiger partial charge in [-0.1, -0.05) is 13.8 Å². The van der Waals surface area contributed by atoms with Crippen LogP contribution in [0.2, 0.25) is 0 Å². The van der Waals surface area contributed by atoms with Gasteiger partial charge in [0.25, 0.3) is 0 Å². The largest absolute Gasteiger partial charge is 0.330 e. The lowest BCUT2D eigenvalue weighted by Crippen LogP contribution is -2.25. The van der Waals surface area contributed by atoms with Gasteiger partial charge in [0.2, 0.25) is 0 Å². The van der Waals surface area contributed by atoms with E-state index in [2.05, 4.69) is 25.8 Å². The van der Waals surface area contributed by atoms with Crippen molar-refractivity contribution in [1.82, 2.24) is 4.90 Å². The van der Waals surface area contributed by atoms with Crippen molar-refractivity contribution in [3.05, 3.63) is 0 Å². The summed E-state index contributed by atoms with van der Waals surface area (Å²) in [4.78, 5) is 2.33. The molecule has 0 bridgehead atoms. The predicted molar refractivity (Wildman–Crippen MR) is 53.3 cm³/mol. The van der Waals surface area contributed by atoms with Crippen LogP contribution in [0.4, 0.5) is 0 Å². The highest BCUT2D eigenvalue weighted by Gasteiger charge is 1.99. The van der Waals surface area contributed by atoms with Crippen LogP contribution in [-0.2, 0) is 0 Å². The number of rotatable bonds is 5. The molecule has 0 unspecified atom stereocenters. The summed E-state index contributed by atoms with van der Waals surface area (Å²) in [6, 6.07) is 0. The lowest BCUT2D eigenvalue weighted by atomic mass is 10.2. The molecular formula is C8H21ClN2. The lowest BCUT2D eigenvalue weighted by molar-refractivity contribution is 0.294. The van der Waals surface area contributed by atoms with Gasteiger partial charge < -0.3 is 10.6 Å². The molecule has 2 nitrogen and oxygen atoms in total. The van der Waals surface area contributed by atoms with E-state index < -0.39 is 0 Å². The molecule has 0 aromatic carbocycles. The number of nitrogens with zero attached hydrogens (tertiary/aromatic N) is 1. The summed E-state index contributed by atoms with van der Waals surface area (Å²) in [5.41, 5.74) is 5.38. The molecule has 0 fully saturated rings. The van der Waals surface area contributed by atoms with E-state index in [4.69, 9.17) is 5.73 Å². The molecule has 70 valence electrons. The molecule has 0 aromatic rings. The van der Waals surface area contributed by atoms with E-state index in [9.17, 15) is 0 Å². The summed E-state index contributed by atoms with van der Waals surface area (Å²) in [5.74, 6) is 0.766. The molecule has 0 aliphatic carbocycles. The van der Waals surface area contributed by atoms with Crippen molar-refractivity contribution in [2.24, 2.45) is 11.7 Å². The second-order valence-corrected chi connectivity index (χ2v) is 3.30. The quantitative estimate of drug-likeness (QED) is 0.692. The smallest absolute Gasteiger partial charge is 0.000134 e. The summed E-state index contributed by atoms with van der Waals surface area (Å²) in [5, 5.41) is 0. The van der Waals surface area contributed by atoms with Crippen LogP contribution >= 0.6 is 12.4 Å². The summed E-state index contributed by atoms with van der Waals surface area (Å²) < 4.78 is 0. The van der Waals surface area contributed by atoms with E-state index >= 15 is 0 Å². The van der Waals surface area contributed by atoms with Crippen molar-refractivity contribution in [2.45, 2.75) is 20.3 Å². The Balaban J connectivity index is 0. The van der Waals surface area contributed by atoms with E-state index in [1.165, 1.54) is 6.54 Å². The van der Waals surface area contributed by atoms with Crippen molar-refractivity contribution in [3.8, 4) is 0 Å². The fourth-order valence-corrected chi connectivity index (χ4v) is 1.08. The standard InChI is InChI=1S/C8H20N2.ClH/c1-8(2)7-10(3)6-4-5-9;/h8H,4-7,9H2,1-3H3;1H. The topological polar surface area (TPSA) is 29.3 Å². The minimum absolute atomic E-state index is 0. The number of halogens is 1. The monoisotopic (exact) mass is 180 g/mol. The Morgan fingerprint density at radius 2 is 1.91 bits per heavy atom. The number of nitrogens with two attached hydrogens (primary N) is 1. The van der Waals surface area contributed by atoms with Crippen LogP contribution in [0.5, 0.6) is 0 Å². The third-order valence-electron chi connectivity index (χ3n) is 1.42. The molecule has 0 saturated heterocycles. The fraction of sp³-hybridized carbons (Fsp3) is 1.00. The number of hydrogen-bond donors (Lipinski definition) is 1. The zero-order valence-electron chi connectivity index (χ0n) is 7.84. The van der Waals surface area contributed by atoms with Crippen molar-refractivity contribution < 1.29 is 0 Å². The summed E-state index contributed by atoms with van der Waals surface area (Å²) in [7, 11) is 2.15. The van der Waals surface area contributed by atoms with Crippen LogP contribution in [0, 0.1) is 5.92 Å². The van der Waals surface area contributed by atoms with Gasteiger partial charge in [0.15, 0.2) is 0 Å². The first-order valence-electron chi connectivity index (χ1n) is 4.05. The average molecular weight is 181 g/mol. The highest BCUT2D eigenvalue weighted by molar-refractivity contribution is 5.85. The predicted octanol–water partition coefficient (Wildman–Crippen LogP) is 1.34. The SMILES string of the molecule is CC(C)CN(C)CCCN.Cl. The normalized spacial score (nSPS) is 10.4. The Bertz CT molecular complexity index is 76.5. The molecule has 0 amide bonds. The fourth-order valence-electron chi connectivity index (χ4n) is 1.08. The highest BCUT2D eigenvalue weighted by atomic mass is 35.5. The average Bonchev–Trinajstić information content (AvgIpc) is 1.82. The Morgan fingerprint density at radius 1 is 1.36 bits per heavy atom. The summed E-state index contributed by atoms with van der Waals surface area (Å²) >= 11 is 0. The Labute approximate surface area is 76.5 Å². The maximum absolute atomic E-state index is 5.38. The maximum Gasteiger partial charge on any atom is 0.000134 e. The van der Waals surface area contributed by atoms with Gasteiger partial charge in [0.05, 0.1) is 0 Å². The molecule has 0 aliphatic heterocycles. The summed E-state index contributed by atoms with van der Waals surface area (Å²) in [6.45, 7) is 7.59. The molecule has 3 heteroatoms. The van der Waals surface area contributed by atoms with Crippen molar-refractivity contribution in [1.29, 1.82) is 0 Å². The molecule has 0 radical (unpaired) electrons. The van der Waals surface area contributed by atoms with Gasteiger partial charge in [-0.25, -0.2) is 0 Å². The molecular weight excluding hydrogens is 160 g/mol. The molecule has 0 spiro atoms. The number of hydrogen-bond acceptors (Lipinski definition) is 2. The van der Waals surface area contributed by atoms with Crippen LogP contribution < -0.4 is 5.73 Å². The first kappa shape index (κ1) is 13.8. The first-order chi connectivity index (χ1) is 4.66. The second kappa shape index (κ2) is 8.31. The molecule has 0 atom stereocenters. The van der Waals surface area contributed by atoms with Gasteiger partial charge >= 0.3 is 0 Å². The molecule has 0 rings (SSSR count). The minimum atomic E-state index is 0. The Morgan fingerprint density at radius 3 is 2.27 bits per heavy atom. The second-order valence-electron chi connectivity index (χ2n) is 3.30. The van der Waals surface area contributed by atoms with Crippen LogP contribution in [0.15, 0.2) is 0 Å². The Kier molecular flexibility index (Phi) is 10.4. The third-order valence-corrected chi connectivity index (χ3v) is 1.42. The van der Waals surface area contributed by atoms with E-state index in [0.717, 1.165) is 25.4 Å². The third kappa shape index (κ3) is 10.2. The maximum atomic E-state index is 5.38. The van der Waals surface area contributed by atoms with Crippen LogP contribution in [-0.4, -0.2) is 31.6 Å². The van der Waals surface area contributed by atoms with Gasteiger partial charge in [-0.2, -0.15) is 0 Å². The van der Waals surface area contributed by atoms with Gasteiger partial charge in [0, 0.05) is 6.54 Å². The molecule has 0 saturated carbocycles. The highest BCUT2D eigenvalue weighted by Crippen LogP contribution is 1.95. The van der Waals surface area contributed by atoms with E-state index in [0.29, 0.717) is 0 Å². The Hall–Kier alpha value is 0.210. The van der Waals surface area contributed by atoms with Gasteiger partial charge in [-0.05, 0) is 32.5 Å². The van der Waals surface area contributed by atoms with Crippen molar-refractivity contribution in [3.63, 3.8) is 0 Å². The van der Waals surface area contributed by atoms with E-state index in [-0.39, 0.29) is 12.4 Å². The van der Waals surface area contributed by atoms with E-state index in [1.54, 1.807) is 0 Å². The first-order valence-corrected chi connectivity index (χ1v) is 4.05. The summed E-state index contributed by atoms with van der Waals surface area (Å²) in [6.07, 6.45) is 1.11. The molecule has 0 aliphatic rings. The van der Waals surface area contributed by atoms with Gasteiger partial charge in [-0.15, -0.1) is 12.4 Å². The lowest BCUT2D eigenvalue weighted by Gasteiger charge is -2.17. The van der Waals surface area contributed by atoms with Crippen molar-refractivity contribution in [2.75, 3.05) is 26.7 Å².